The zero-order valence-corrected chi connectivity index (χ0v) is 12.5. The summed E-state index contributed by atoms with van der Waals surface area (Å²) >= 11 is 0. The van der Waals surface area contributed by atoms with E-state index in [9.17, 15) is 10.1 Å². The smallest absolute Gasteiger partial charge is 0.357 e. The Balaban J connectivity index is 2.69. The number of carbonyl (C=O) groups is 1. The number of nitrogens with zero attached hydrogens (tertiary/aromatic N) is 4. The number of hydrogen-bond acceptors (Lipinski definition) is 5. The van der Waals surface area contributed by atoms with Crippen molar-refractivity contribution in [2.45, 2.75) is 19.9 Å². The van der Waals surface area contributed by atoms with Gasteiger partial charge in [-0.1, -0.05) is 12.1 Å². The Kier molecular flexibility index (Phi) is 4.24. The average molecular weight is 294 g/mol. The van der Waals surface area contributed by atoms with Crippen molar-refractivity contribution >= 4 is 5.97 Å². The van der Waals surface area contributed by atoms with E-state index in [0.29, 0.717) is 16.8 Å². The first-order chi connectivity index (χ1) is 10.5. The van der Waals surface area contributed by atoms with E-state index in [-0.39, 0.29) is 17.3 Å². The van der Waals surface area contributed by atoms with Crippen molar-refractivity contribution < 1.29 is 9.53 Å². The van der Waals surface area contributed by atoms with Crippen molar-refractivity contribution in [1.82, 2.24) is 9.78 Å². The standard InChI is InChI=1S/C16H14N4O2/c1-10(2)20-15(16(21)22-3)13(9-18)14(19-20)12-6-4-11(8-17)5-7-12/h4-7,10H,1-3H3. The highest BCUT2D eigenvalue weighted by Crippen LogP contribution is 2.27. The molecule has 0 spiro atoms. The van der Waals surface area contributed by atoms with Gasteiger partial charge < -0.3 is 4.74 Å². The second-order valence-electron chi connectivity index (χ2n) is 4.90. The second kappa shape index (κ2) is 6.11. The first-order valence-electron chi connectivity index (χ1n) is 6.65. The topological polar surface area (TPSA) is 91.7 Å². The van der Waals surface area contributed by atoms with Crippen LogP contribution in [0.4, 0.5) is 0 Å². The summed E-state index contributed by atoms with van der Waals surface area (Å²) < 4.78 is 6.25. The third-order valence-electron chi connectivity index (χ3n) is 3.18. The van der Waals surface area contributed by atoms with E-state index >= 15 is 0 Å². The summed E-state index contributed by atoms with van der Waals surface area (Å²) in [6.45, 7) is 3.73. The van der Waals surface area contributed by atoms with Gasteiger partial charge in [0.05, 0.1) is 18.7 Å². The lowest BCUT2D eigenvalue weighted by atomic mass is 10.1. The lowest BCUT2D eigenvalue weighted by Gasteiger charge is -2.08. The molecule has 0 N–H and O–H groups in total. The molecular formula is C16H14N4O2. The van der Waals surface area contributed by atoms with E-state index in [0.717, 1.165) is 0 Å². The van der Waals surface area contributed by atoms with Crippen molar-refractivity contribution in [3.8, 4) is 23.4 Å². The maximum absolute atomic E-state index is 12.0. The molecule has 1 aromatic carbocycles. The fourth-order valence-corrected chi connectivity index (χ4v) is 2.11. The quantitative estimate of drug-likeness (QED) is 0.811. The van der Waals surface area contributed by atoms with Crippen LogP contribution < -0.4 is 0 Å². The van der Waals surface area contributed by atoms with Gasteiger partial charge in [0.15, 0.2) is 5.69 Å². The zero-order chi connectivity index (χ0) is 16.3. The van der Waals surface area contributed by atoms with Crippen LogP contribution in [0.3, 0.4) is 0 Å². The molecule has 0 amide bonds. The SMILES string of the molecule is COC(=O)c1c(C#N)c(-c2ccc(C#N)cc2)nn1C(C)C. The summed E-state index contributed by atoms with van der Waals surface area (Å²) in [5, 5.41) is 22.7. The first kappa shape index (κ1) is 15.3. The number of benzene rings is 1. The van der Waals surface area contributed by atoms with Crippen molar-refractivity contribution in [3.05, 3.63) is 41.1 Å². The third kappa shape index (κ3) is 2.55. The minimum Gasteiger partial charge on any atom is -0.464 e. The third-order valence-corrected chi connectivity index (χ3v) is 3.18. The maximum Gasteiger partial charge on any atom is 0.357 e. The molecule has 0 radical (unpaired) electrons. The van der Waals surface area contributed by atoms with Crippen LogP contribution in [-0.2, 0) is 4.74 Å². The van der Waals surface area contributed by atoms with Gasteiger partial charge in [-0.15, -0.1) is 0 Å². The summed E-state index contributed by atoms with van der Waals surface area (Å²) in [6, 6.07) is 10.6. The van der Waals surface area contributed by atoms with Crippen molar-refractivity contribution in [3.63, 3.8) is 0 Å². The van der Waals surface area contributed by atoms with E-state index in [1.165, 1.54) is 11.8 Å². The molecule has 0 atom stereocenters. The lowest BCUT2D eigenvalue weighted by Crippen LogP contribution is -2.14. The molecule has 2 aromatic rings. The summed E-state index contributed by atoms with van der Waals surface area (Å²) in [4.78, 5) is 12.0. The Morgan fingerprint density at radius 2 is 1.86 bits per heavy atom. The summed E-state index contributed by atoms with van der Waals surface area (Å²) in [5.41, 5.74) is 1.89. The van der Waals surface area contributed by atoms with Crippen LogP contribution in [-0.4, -0.2) is 22.9 Å². The Bertz CT molecular complexity index is 789. The Morgan fingerprint density at radius 3 is 2.32 bits per heavy atom. The van der Waals surface area contributed by atoms with Gasteiger partial charge >= 0.3 is 5.97 Å². The normalized spacial score (nSPS) is 10.1. The van der Waals surface area contributed by atoms with Crippen LogP contribution in [0.5, 0.6) is 0 Å². The van der Waals surface area contributed by atoms with Crippen LogP contribution in [0.25, 0.3) is 11.3 Å². The summed E-state index contributed by atoms with van der Waals surface area (Å²) in [5.74, 6) is -0.599. The Labute approximate surface area is 128 Å². The molecule has 6 heteroatoms. The number of hydrogen-bond donors (Lipinski definition) is 0. The van der Waals surface area contributed by atoms with Crippen molar-refractivity contribution in [2.75, 3.05) is 7.11 Å². The number of methoxy groups -OCH3 is 1. The molecule has 0 aliphatic heterocycles. The van der Waals surface area contributed by atoms with Gasteiger partial charge in [0.1, 0.15) is 17.3 Å². The summed E-state index contributed by atoms with van der Waals surface area (Å²) in [7, 11) is 1.27. The number of rotatable bonds is 3. The van der Waals surface area contributed by atoms with Crippen molar-refractivity contribution in [1.29, 1.82) is 10.5 Å². The molecule has 0 saturated heterocycles. The molecule has 22 heavy (non-hydrogen) atoms. The minimum atomic E-state index is -0.599. The zero-order valence-electron chi connectivity index (χ0n) is 12.5. The number of nitriles is 2. The second-order valence-corrected chi connectivity index (χ2v) is 4.90. The number of aromatic nitrogens is 2. The fourth-order valence-electron chi connectivity index (χ4n) is 2.11. The van der Waals surface area contributed by atoms with Crippen LogP contribution in [0.2, 0.25) is 0 Å². The maximum atomic E-state index is 12.0. The first-order valence-corrected chi connectivity index (χ1v) is 6.65. The molecule has 1 aromatic heterocycles. The molecule has 0 aliphatic rings. The van der Waals surface area contributed by atoms with E-state index < -0.39 is 5.97 Å². The molecule has 1 heterocycles. The number of carbonyl (C=O) groups excluding carboxylic acids is 1. The Morgan fingerprint density at radius 1 is 1.23 bits per heavy atom. The number of esters is 1. The lowest BCUT2D eigenvalue weighted by molar-refractivity contribution is 0.0584. The predicted octanol–water partition coefficient (Wildman–Crippen LogP) is 2.66. The molecule has 0 saturated carbocycles. The van der Waals surface area contributed by atoms with Crippen LogP contribution in [0.1, 0.15) is 41.5 Å². The largest absolute Gasteiger partial charge is 0.464 e. The van der Waals surface area contributed by atoms with Crippen LogP contribution in [0, 0.1) is 22.7 Å². The van der Waals surface area contributed by atoms with E-state index in [2.05, 4.69) is 5.10 Å². The average Bonchev–Trinajstić information content (AvgIpc) is 2.93. The molecule has 0 fully saturated rings. The van der Waals surface area contributed by atoms with Crippen LogP contribution in [0.15, 0.2) is 24.3 Å². The Hall–Kier alpha value is -3.12. The van der Waals surface area contributed by atoms with Gasteiger partial charge in [-0.25, -0.2) is 4.79 Å². The van der Waals surface area contributed by atoms with E-state index in [4.69, 9.17) is 10.00 Å². The molecule has 6 nitrogen and oxygen atoms in total. The minimum absolute atomic E-state index is 0.103. The number of ether oxygens (including phenoxy) is 1. The molecule has 0 unspecified atom stereocenters. The molecule has 0 aliphatic carbocycles. The highest BCUT2D eigenvalue weighted by Gasteiger charge is 2.26. The van der Waals surface area contributed by atoms with Gasteiger partial charge in [-0.2, -0.15) is 15.6 Å². The van der Waals surface area contributed by atoms with Gasteiger partial charge in [-0.05, 0) is 26.0 Å². The van der Waals surface area contributed by atoms with Gasteiger partial charge in [-0.3, -0.25) is 4.68 Å². The van der Waals surface area contributed by atoms with E-state index in [1.807, 2.05) is 26.0 Å². The molecular weight excluding hydrogens is 280 g/mol. The fraction of sp³-hybridized carbons (Fsp3) is 0.250. The van der Waals surface area contributed by atoms with E-state index in [1.54, 1.807) is 24.3 Å². The molecule has 2 rings (SSSR count). The van der Waals surface area contributed by atoms with Gasteiger partial charge in [0, 0.05) is 11.6 Å². The predicted molar refractivity (Wildman–Crippen MR) is 78.8 cm³/mol. The highest BCUT2D eigenvalue weighted by molar-refractivity contribution is 5.93. The van der Waals surface area contributed by atoms with Crippen molar-refractivity contribution in [2.24, 2.45) is 0 Å². The van der Waals surface area contributed by atoms with Gasteiger partial charge in [0.25, 0.3) is 0 Å². The van der Waals surface area contributed by atoms with Gasteiger partial charge in [0.2, 0.25) is 0 Å². The monoisotopic (exact) mass is 294 g/mol. The molecule has 0 bridgehead atoms. The highest BCUT2D eigenvalue weighted by atomic mass is 16.5. The van der Waals surface area contributed by atoms with Crippen LogP contribution >= 0.6 is 0 Å². The molecule has 110 valence electrons. The summed E-state index contributed by atoms with van der Waals surface area (Å²) in [6.07, 6.45) is 0.